The molecule has 2 rings (SSSR count). The first-order valence-corrected chi connectivity index (χ1v) is 5.47. The maximum atomic E-state index is 11.6. The summed E-state index contributed by atoms with van der Waals surface area (Å²) in [5.74, 6) is 0.168. The van der Waals surface area contributed by atoms with Crippen LogP contribution in [0.25, 0.3) is 0 Å². The number of likely N-dealkylation sites (tertiary alicyclic amines) is 1. The van der Waals surface area contributed by atoms with E-state index in [1.165, 1.54) is 12.8 Å². The highest BCUT2D eigenvalue weighted by Crippen LogP contribution is 2.20. The molecule has 0 aromatic rings. The molecule has 0 saturated carbocycles. The van der Waals surface area contributed by atoms with Crippen molar-refractivity contribution < 1.29 is 4.79 Å². The van der Waals surface area contributed by atoms with E-state index in [0.717, 1.165) is 19.5 Å². The van der Waals surface area contributed by atoms with E-state index in [2.05, 4.69) is 5.32 Å². The minimum atomic E-state index is 0.168. The van der Waals surface area contributed by atoms with E-state index in [0.29, 0.717) is 12.1 Å². The van der Waals surface area contributed by atoms with Crippen LogP contribution in [0.1, 0.15) is 26.2 Å². The Labute approximate surface area is 85.2 Å². The van der Waals surface area contributed by atoms with Crippen molar-refractivity contribution in [1.82, 2.24) is 10.2 Å². The number of carbonyl (C=O) groups excluding carboxylic acids is 1. The molecule has 2 heterocycles. The third kappa shape index (κ3) is 1.98. The molecule has 2 aliphatic heterocycles. The summed E-state index contributed by atoms with van der Waals surface area (Å²) in [5.41, 5.74) is 0. The number of allylic oxidation sites excluding steroid dienone is 1. The molecule has 2 atom stereocenters. The van der Waals surface area contributed by atoms with Crippen LogP contribution in [0.5, 0.6) is 0 Å². The second kappa shape index (κ2) is 4.13. The van der Waals surface area contributed by atoms with Gasteiger partial charge in [0, 0.05) is 25.2 Å². The predicted octanol–water partition coefficient (Wildman–Crippen LogP) is 0.915. The van der Waals surface area contributed by atoms with E-state index >= 15 is 0 Å². The van der Waals surface area contributed by atoms with Crippen LogP contribution in [0.3, 0.4) is 0 Å². The van der Waals surface area contributed by atoms with Crippen LogP contribution in [-0.2, 0) is 4.79 Å². The van der Waals surface area contributed by atoms with Gasteiger partial charge >= 0.3 is 0 Å². The highest BCUT2D eigenvalue weighted by atomic mass is 16.2. The van der Waals surface area contributed by atoms with Crippen molar-refractivity contribution >= 4 is 5.91 Å². The molecule has 2 aliphatic rings. The lowest BCUT2D eigenvalue weighted by Crippen LogP contribution is -2.38. The van der Waals surface area contributed by atoms with Crippen LogP contribution in [-0.4, -0.2) is 36.0 Å². The van der Waals surface area contributed by atoms with Gasteiger partial charge in [-0.15, -0.1) is 0 Å². The second-order valence-corrected chi connectivity index (χ2v) is 4.21. The fourth-order valence-electron chi connectivity index (χ4n) is 2.39. The molecule has 2 bridgehead atoms. The number of nitrogens with one attached hydrogen (secondary N) is 1. The van der Waals surface area contributed by atoms with Gasteiger partial charge in [0.15, 0.2) is 0 Å². The Morgan fingerprint density at radius 3 is 2.93 bits per heavy atom. The zero-order valence-electron chi connectivity index (χ0n) is 8.70. The Morgan fingerprint density at radius 1 is 1.36 bits per heavy atom. The van der Waals surface area contributed by atoms with Crippen molar-refractivity contribution in [2.75, 3.05) is 13.1 Å². The van der Waals surface area contributed by atoms with Crippen LogP contribution < -0.4 is 5.32 Å². The third-order valence-electron chi connectivity index (χ3n) is 3.14. The molecule has 1 amide bonds. The average Bonchev–Trinajstić information content (AvgIpc) is 2.46. The lowest BCUT2D eigenvalue weighted by atomic mass is 10.1. The van der Waals surface area contributed by atoms with Crippen molar-refractivity contribution in [1.29, 1.82) is 0 Å². The highest BCUT2D eigenvalue weighted by Gasteiger charge is 2.30. The number of amides is 1. The molecular weight excluding hydrogens is 176 g/mol. The van der Waals surface area contributed by atoms with Gasteiger partial charge in [-0.3, -0.25) is 4.79 Å². The smallest absolute Gasteiger partial charge is 0.246 e. The van der Waals surface area contributed by atoms with Gasteiger partial charge in [-0.25, -0.2) is 0 Å². The van der Waals surface area contributed by atoms with Crippen LogP contribution in [0.4, 0.5) is 0 Å². The minimum Gasteiger partial charge on any atom is -0.338 e. The molecule has 0 aliphatic carbocycles. The van der Waals surface area contributed by atoms with Crippen molar-refractivity contribution in [2.24, 2.45) is 0 Å². The predicted molar refractivity (Wildman–Crippen MR) is 56.0 cm³/mol. The van der Waals surface area contributed by atoms with E-state index in [1.54, 1.807) is 6.08 Å². The highest BCUT2D eigenvalue weighted by molar-refractivity contribution is 5.87. The summed E-state index contributed by atoms with van der Waals surface area (Å²) in [6, 6.07) is 1.19. The Hall–Kier alpha value is -0.830. The summed E-state index contributed by atoms with van der Waals surface area (Å²) in [4.78, 5) is 13.6. The van der Waals surface area contributed by atoms with E-state index < -0.39 is 0 Å². The van der Waals surface area contributed by atoms with E-state index in [1.807, 2.05) is 17.9 Å². The van der Waals surface area contributed by atoms with Gasteiger partial charge in [-0.2, -0.15) is 0 Å². The third-order valence-corrected chi connectivity index (χ3v) is 3.14. The van der Waals surface area contributed by atoms with Crippen LogP contribution in [0.15, 0.2) is 12.2 Å². The Balaban J connectivity index is 1.97. The van der Waals surface area contributed by atoms with E-state index in [-0.39, 0.29) is 5.91 Å². The number of hydrogen-bond donors (Lipinski definition) is 1. The summed E-state index contributed by atoms with van der Waals surface area (Å²) in [7, 11) is 0. The number of fused-ring (bicyclic) bond motifs is 2. The first kappa shape index (κ1) is 9.71. The Bertz CT molecular complexity index is 250. The minimum absolute atomic E-state index is 0.168. The lowest BCUT2D eigenvalue weighted by molar-refractivity contribution is -0.126. The summed E-state index contributed by atoms with van der Waals surface area (Å²) in [5, 5.41) is 3.56. The quantitative estimate of drug-likeness (QED) is 0.629. The molecule has 0 spiro atoms. The fraction of sp³-hybridized carbons (Fsp3) is 0.727. The van der Waals surface area contributed by atoms with Gasteiger partial charge < -0.3 is 10.2 Å². The molecule has 0 aromatic carbocycles. The molecule has 14 heavy (non-hydrogen) atoms. The van der Waals surface area contributed by atoms with Crippen LogP contribution in [0, 0.1) is 0 Å². The van der Waals surface area contributed by atoms with E-state index in [9.17, 15) is 4.79 Å². The summed E-state index contributed by atoms with van der Waals surface area (Å²) >= 11 is 0. The maximum Gasteiger partial charge on any atom is 0.246 e. The SMILES string of the molecule is C/C=C/C(=O)N1CCC2CCC(C1)N2. The topological polar surface area (TPSA) is 32.3 Å². The second-order valence-electron chi connectivity index (χ2n) is 4.21. The molecule has 2 unspecified atom stereocenters. The zero-order chi connectivity index (χ0) is 9.97. The average molecular weight is 194 g/mol. The largest absolute Gasteiger partial charge is 0.338 e. The normalized spacial score (nSPS) is 32.2. The summed E-state index contributed by atoms with van der Waals surface area (Å²) < 4.78 is 0. The standard InChI is InChI=1S/C11H18N2O/c1-2-3-11(14)13-7-6-9-4-5-10(8-13)12-9/h2-3,9-10,12H,4-8H2,1H3/b3-2+. The Kier molecular flexibility index (Phi) is 2.87. The van der Waals surface area contributed by atoms with Gasteiger partial charge in [0.2, 0.25) is 5.91 Å². The molecule has 1 N–H and O–H groups in total. The number of rotatable bonds is 1. The lowest BCUT2D eigenvalue weighted by Gasteiger charge is -2.22. The van der Waals surface area contributed by atoms with Crippen molar-refractivity contribution in [3.8, 4) is 0 Å². The van der Waals surface area contributed by atoms with Gasteiger partial charge in [-0.05, 0) is 32.3 Å². The molecular formula is C11H18N2O. The summed E-state index contributed by atoms with van der Waals surface area (Å²) in [6.07, 6.45) is 7.11. The first-order valence-electron chi connectivity index (χ1n) is 5.47. The zero-order valence-corrected chi connectivity index (χ0v) is 8.70. The van der Waals surface area contributed by atoms with Crippen LogP contribution >= 0.6 is 0 Å². The maximum absolute atomic E-state index is 11.6. The number of hydrogen-bond acceptors (Lipinski definition) is 2. The van der Waals surface area contributed by atoms with E-state index in [4.69, 9.17) is 0 Å². The summed E-state index contributed by atoms with van der Waals surface area (Å²) in [6.45, 7) is 3.69. The van der Waals surface area contributed by atoms with Crippen molar-refractivity contribution in [2.45, 2.75) is 38.3 Å². The fourth-order valence-corrected chi connectivity index (χ4v) is 2.39. The monoisotopic (exact) mass is 194 g/mol. The molecule has 3 nitrogen and oxygen atoms in total. The molecule has 2 saturated heterocycles. The Morgan fingerprint density at radius 2 is 2.14 bits per heavy atom. The van der Waals surface area contributed by atoms with Crippen molar-refractivity contribution in [3.63, 3.8) is 0 Å². The number of carbonyl (C=O) groups is 1. The first-order chi connectivity index (χ1) is 6.79. The molecule has 78 valence electrons. The van der Waals surface area contributed by atoms with Gasteiger partial charge in [-0.1, -0.05) is 6.08 Å². The molecule has 2 fully saturated rings. The number of nitrogens with zero attached hydrogens (tertiary/aromatic N) is 1. The van der Waals surface area contributed by atoms with Gasteiger partial charge in [0.1, 0.15) is 0 Å². The molecule has 3 heteroatoms. The van der Waals surface area contributed by atoms with Gasteiger partial charge in [0.05, 0.1) is 0 Å². The van der Waals surface area contributed by atoms with Crippen molar-refractivity contribution in [3.05, 3.63) is 12.2 Å². The van der Waals surface area contributed by atoms with Gasteiger partial charge in [0.25, 0.3) is 0 Å². The van der Waals surface area contributed by atoms with Crippen LogP contribution in [0.2, 0.25) is 0 Å². The molecule has 0 aromatic heterocycles. The molecule has 0 radical (unpaired) electrons.